The summed E-state index contributed by atoms with van der Waals surface area (Å²) in [5.41, 5.74) is 0.404. The Bertz CT molecular complexity index is 466. The fourth-order valence-corrected chi connectivity index (χ4v) is 2.20. The number of aliphatic hydroxyl groups is 1. The van der Waals surface area contributed by atoms with Gasteiger partial charge in [0.15, 0.2) is 0 Å². The zero-order valence-electron chi connectivity index (χ0n) is 12.3. The van der Waals surface area contributed by atoms with E-state index in [4.69, 9.17) is 9.47 Å². The second kappa shape index (κ2) is 7.44. The van der Waals surface area contributed by atoms with Gasteiger partial charge in [0.1, 0.15) is 11.9 Å². The molecular formula is C14H21N3O4. The molecule has 21 heavy (non-hydrogen) atoms. The molecule has 1 saturated heterocycles. The van der Waals surface area contributed by atoms with Crippen molar-refractivity contribution >= 4 is 5.91 Å². The van der Waals surface area contributed by atoms with Crippen molar-refractivity contribution in [3.05, 3.63) is 23.8 Å². The van der Waals surface area contributed by atoms with Crippen LogP contribution in [0.15, 0.2) is 12.4 Å². The first-order valence-electron chi connectivity index (χ1n) is 7.03. The van der Waals surface area contributed by atoms with Crippen molar-refractivity contribution in [3.8, 4) is 0 Å². The topological polar surface area (TPSA) is 93.6 Å². The van der Waals surface area contributed by atoms with Gasteiger partial charge in [-0.2, -0.15) is 0 Å². The summed E-state index contributed by atoms with van der Waals surface area (Å²) < 4.78 is 10.5. The van der Waals surface area contributed by atoms with E-state index in [1.54, 1.807) is 0 Å². The Morgan fingerprint density at radius 3 is 2.81 bits per heavy atom. The van der Waals surface area contributed by atoms with Gasteiger partial charge >= 0.3 is 0 Å². The summed E-state index contributed by atoms with van der Waals surface area (Å²) in [6, 6.07) is 0. The summed E-state index contributed by atoms with van der Waals surface area (Å²) in [7, 11) is 1.53. The van der Waals surface area contributed by atoms with Crippen molar-refractivity contribution in [2.24, 2.45) is 5.92 Å². The van der Waals surface area contributed by atoms with Gasteiger partial charge in [-0.3, -0.25) is 4.79 Å². The Hall–Kier alpha value is -1.57. The fourth-order valence-electron chi connectivity index (χ4n) is 2.20. The number of nitrogens with zero attached hydrogens (tertiary/aromatic N) is 2. The van der Waals surface area contributed by atoms with E-state index >= 15 is 0 Å². The van der Waals surface area contributed by atoms with Crippen LogP contribution in [0.25, 0.3) is 0 Å². The molecule has 1 aromatic heterocycles. The highest BCUT2D eigenvalue weighted by Gasteiger charge is 2.32. The van der Waals surface area contributed by atoms with Gasteiger partial charge < -0.3 is 19.9 Å². The third kappa shape index (κ3) is 3.96. The van der Waals surface area contributed by atoms with Crippen LogP contribution in [0.5, 0.6) is 0 Å². The molecule has 2 heterocycles. The first-order valence-corrected chi connectivity index (χ1v) is 7.03. The van der Waals surface area contributed by atoms with E-state index in [-0.39, 0.29) is 17.9 Å². The monoisotopic (exact) mass is 295 g/mol. The Labute approximate surface area is 123 Å². The van der Waals surface area contributed by atoms with E-state index in [1.165, 1.54) is 19.5 Å². The van der Waals surface area contributed by atoms with Gasteiger partial charge in [0.2, 0.25) is 0 Å². The summed E-state index contributed by atoms with van der Waals surface area (Å²) in [6.07, 6.45) is 2.74. The van der Waals surface area contributed by atoms with E-state index in [9.17, 15) is 9.90 Å². The van der Waals surface area contributed by atoms with E-state index in [0.717, 1.165) is 6.42 Å². The molecule has 3 atom stereocenters. The van der Waals surface area contributed by atoms with Crippen LogP contribution in [0.4, 0.5) is 0 Å². The second-order valence-electron chi connectivity index (χ2n) is 5.01. The Balaban J connectivity index is 1.88. The number of carbonyl (C=O) groups is 1. The van der Waals surface area contributed by atoms with Crippen LogP contribution < -0.4 is 5.32 Å². The van der Waals surface area contributed by atoms with Gasteiger partial charge in [-0.15, -0.1) is 0 Å². The average molecular weight is 295 g/mol. The van der Waals surface area contributed by atoms with Crippen molar-refractivity contribution in [2.45, 2.75) is 25.6 Å². The number of aliphatic hydroxyl groups excluding tert-OH is 1. The van der Waals surface area contributed by atoms with Gasteiger partial charge in [0.05, 0.1) is 24.9 Å². The first-order chi connectivity index (χ1) is 10.2. The standard InChI is InChI=1S/C14H21N3O4/c1-3-12-15-4-9(5-16-12)14(19)17-6-10-7-21-8-11(20-2)13(10)18/h4-5,10-11,13,18H,3,6-8H2,1-2H3,(H,17,19)/t10-,11-,13+/m1/s1. The number of methoxy groups -OCH3 is 1. The molecule has 0 bridgehead atoms. The number of hydrogen-bond donors (Lipinski definition) is 2. The number of hydrogen-bond acceptors (Lipinski definition) is 6. The molecule has 1 aliphatic rings. The van der Waals surface area contributed by atoms with Crippen LogP contribution in [-0.4, -0.2) is 60.1 Å². The van der Waals surface area contributed by atoms with Crippen molar-refractivity contribution < 1.29 is 19.4 Å². The van der Waals surface area contributed by atoms with Crippen LogP contribution in [0.2, 0.25) is 0 Å². The molecule has 0 aromatic carbocycles. The van der Waals surface area contributed by atoms with E-state index in [2.05, 4.69) is 15.3 Å². The molecule has 0 unspecified atom stereocenters. The molecule has 2 rings (SSSR count). The van der Waals surface area contributed by atoms with Crippen LogP contribution in [0, 0.1) is 5.92 Å². The van der Waals surface area contributed by atoms with Gasteiger partial charge in [0, 0.05) is 38.4 Å². The van der Waals surface area contributed by atoms with Crippen molar-refractivity contribution in [1.29, 1.82) is 0 Å². The Morgan fingerprint density at radius 1 is 1.48 bits per heavy atom. The summed E-state index contributed by atoms with van der Waals surface area (Å²) in [5, 5.41) is 12.9. The Kier molecular flexibility index (Phi) is 5.60. The zero-order chi connectivity index (χ0) is 15.2. The van der Waals surface area contributed by atoms with Crippen LogP contribution in [0.1, 0.15) is 23.1 Å². The minimum Gasteiger partial charge on any atom is -0.390 e. The lowest BCUT2D eigenvalue weighted by Gasteiger charge is -2.33. The number of aromatic nitrogens is 2. The molecule has 0 aliphatic carbocycles. The highest BCUT2D eigenvalue weighted by atomic mass is 16.5. The number of carbonyl (C=O) groups excluding carboxylic acids is 1. The predicted molar refractivity (Wildman–Crippen MR) is 74.9 cm³/mol. The quantitative estimate of drug-likeness (QED) is 0.781. The van der Waals surface area contributed by atoms with Crippen molar-refractivity contribution in [3.63, 3.8) is 0 Å². The fraction of sp³-hybridized carbons (Fsp3) is 0.643. The largest absolute Gasteiger partial charge is 0.390 e. The maximum Gasteiger partial charge on any atom is 0.254 e. The SMILES string of the molecule is CCc1ncc(C(=O)NC[C@@H]2COC[C@@H](OC)[C@H]2O)cn1. The molecular weight excluding hydrogens is 274 g/mol. The first kappa shape index (κ1) is 15.8. The van der Waals surface area contributed by atoms with Gasteiger partial charge in [0.25, 0.3) is 5.91 Å². The van der Waals surface area contributed by atoms with Crippen molar-refractivity contribution in [1.82, 2.24) is 15.3 Å². The summed E-state index contributed by atoms with van der Waals surface area (Å²) in [5.74, 6) is 0.249. The van der Waals surface area contributed by atoms with Gasteiger partial charge in [-0.05, 0) is 0 Å². The molecule has 0 radical (unpaired) electrons. The van der Waals surface area contributed by atoms with Crippen LogP contribution in [0.3, 0.4) is 0 Å². The van der Waals surface area contributed by atoms with Crippen LogP contribution in [-0.2, 0) is 15.9 Å². The molecule has 0 saturated carbocycles. The smallest absolute Gasteiger partial charge is 0.254 e. The molecule has 1 aliphatic heterocycles. The summed E-state index contributed by atoms with van der Waals surface area (Å²) in [4.78, 5) is 20.2. The zero-order valence-corrected chi connectivity index (χ0v) is 12.3. The van der Waals surface area contributed by atoms with Crippen molar-refractivity contribution in [2.75, 3.05) is 26.9 Å². The summed E-state index contributed by atoms with van der Waals surface area (Å²) in [6.45, 7) is 3.03. The molecule has 0 spiro atoms. The molecule has 1 fully saturated rings. The second-order valence-corrected chi connectivity index (χ2v) is 5.01. The number of amides is 1. The highest BCUT2D eigenvalue weighted by molar-refractivity contribution is 5.93. The van der Waals surface area contributed by atoms with Crippen LogP contribution >= 0.6 is 0 Å². The molecule has 7 heteroatoms. The van der Waals surface area contributed by atoms with E-state index in [1.807, 2.05) is 6.92 Å². The lowest BCUT2D eigenvalue weighted by molar-refractivity contribution is -0.132. The lowest BCUT2D eigenvalue weighted by atomic mass is 9.96. The summed E-state index contributed by atoms with van der Waals surface area (Å²) >= 11 is 0. The van der Waals surface area contributed by atoms with Gasteiger partial charge in [-0.1, -0.05) is 6.92 Å². The van der Waals surface area contributed by atoms with E-state index < -0.39 is 6.10 Å². The number of rotatable bonds is 5. The number of aryl methyl sites for hydroxylation is 1. The predicted octanol–water partition coefficient (Wildman–Crippen LogP) is -0.209. The van der Waals surface area contributed by atoms with E-state index in [0.29, 0.717) is 31.1 Å². The maximum atomic E-state index is 12.0. The maximum absolute atomic E-state index is 12.0. The normalized spacial score (nSPS) is 25.6. The Morgan fingerprint density at radius 2 is 2.19 bits per heavy atom. The molecule has 1 aromatic rings. The highest BCUT2D eigenvalue weighted by Crippen LogP contribution is 2.16. The molecule has 1 amide bonds. The minimum absolute atomic E-state index is 0.191. The molecule has 116 valence electrons. The minimum atomic E-state index is -0.650. The molecule has 7 nitrogen and oxygen atoms in total. The van der Waals surface area contributed by atoms with Gasteiger partial charge in [-0.25, -0.2) is 9.97 Å². The molecule has 2 N–H and O–H groups in total. The lowest BCUT2D eigenvalue weighted by Crippen LogP contribution is -2.49. The third-order valence-corrected chi connectivity index (χ3v) is 3.59. The average Bonchev–Trinajstić information content (AvgIpc) is 2.53. The number of ether oxygens (including phenoxy) is 2. The number of nitrogens with one attached hydrogen (secondary N) is 1. The third-order valence-electron chi connectivity index (χ3n) is 3.59.